The molecule has 3 rings (SSSR count). The molecule has 0 radical (unpaired) electrons. The van der Waals surface area contributed by atoms with Gasteiger partial charge in [-0.3, -0.25) is 14.5 Å². The van der Waals surface area contributed by atoms with Crippen LogP contribution in [-0.2, 0) is 24.2 Å². The second-order valence-corrected chi connectivity index (χ2v) is 4.84. The van der Waals surface area contributed by atoms with Crippen LogP contribution in [0.4, 0.5) is 0 Å². The van der Waals surface area contributed by atoms with Crippen LogP contribution in [0.25, 0.3) is 0 Å². The molecule has 1 atom stereocenters. The number of nitrogens with zero attached hydrogens (tertiary/aromatic N) is 3. The number of amides is 1. The summed E-state index contributed by atoms with van der Waals surface area (Å²) in [4.78, 5) is 16.0. The summed E-state index contributed by atoms with van der Waals surface area (Å²) in [5, 5.41) is 7.32. The zero-order chi connectivity index (χ0) is 13.1. The first-order chi connectivity index (χ1) is 9.31. The fraction of sp³-hybridized carbons (Fsp3) is 0.357. The Morgan fingerprint density at radius 2 is 2.37 bits per heavy atom. The highest BCUT2D eigenvalue weighted by molar-refractivity contribution is 5.78. The molecule has 19 heavy (non-hydrogen) atoms. The molecule has 1 aliphatic rings. The maximum absolute atomic E-state index is 12.0. The average molecular weight is 256 g/mol. The van der Waals surface area contributed by atoms with Gasteiger partial charge in [-0.2, -0.15) is 5.10 Å². The molecule has 0 spiro atoms. The Kier molecular flexibility index (Phi) is 3.27. The van der Waals surface area contributed by atoms with Gasteiger partial charge >= 0.3 is 0 Å². The van der Waals surface area contributed by atoms with Crippen LogP contribution in [-0.4, -0.2) is 26.7 Å². The normalized spacial score (nSPS) is 17.8. The van der Waals surface area contributed by atoms with Gasteiger partial charge in [-0.15, -0.1) is 0 Å². The third-order valence-electron chi connectivity index (χ3n) is 3.40. The van der Waals surface area contributed by atoms with Gasteiger partial charge in [0.15, 0.2) is 0 Å². The van der Waals surface area contributed by atoms with Gasteiger partial charge in [0.1, 0.15) is 0 Å². The summed E-state index contributed by atoms with van der Waals surface area (Å²) in [6.45, 7) is 0.875. The molecule has 1 amide bonds. The Balaban J connectivity index is 1.56. The van der Waals surface area contributed by atoms with Crippen LogP contribution in [0.2, 0.25) is 0 Å². The van der Waals surface area contributed by atoms with Crippen LogP contribution >= 0.6 is 0 Å². The van der Waals surface area contributed by atoms with Gasteiger partial charge in [-0.1, -0.05) is 6.07 Å². The molecule has 2 aromatic rings. The van der Waals surface area contributed by atoms with Crippen LogP contribution in [0.5, 0.6) is 0 Å². The number of carbonyl (C=O) groups excluding carboxylic acids is 1. The highest BCUT2D eigenvalue weighted by Gasteiger charge is 2.20. The minimum absolute atomic E-state index is 0.0611. The summed E-state index contributed by atoms with van der Waals surface area (Å²) in [6, 6.07) is 6.00. The maximum atomic E-state index is 12.0. The minimum Gasteiger partial charge on any atom is -0.353 e. The minimum atomic E-state index is 0.0611. The fourth-order valence-corrected chi connectivity index (χ4v) is 2.46. The van der Waals surface area contributed by atoms with Crippen LogP contribution in [0.3, 0.4) is 0 Å². The lowest BCUT2D eigenvalue weighted by molar-refractivity contribution is -0.121. The van der Waals surface area contributed by atoms with E-state index >= 15 is 0 Å². The highest BCUT2D eigenvalue weighted by atomic mass is 16.1. The predicted molar refractivity (Wildman–Crippen MR) is 70.4 cm³/mol. The molecule has 0 saturated heterocycles. The van der Waals surface area contributed by atoms with E-state index in [1.165, 1.54) is 5.69 Å². The molecule has 5 heteroatoms. The number of hydrogen-bond acceptors (Lipinski definition) is 3. The smallest absolute Gasteiger partial charge is 0.224 e. The Morgan fingerprint density at radius 3 is 3.21 bits per heavy atom. The molecule has 98 valence electrons. The topological polar surface area (TPSA) is 59.8 Å². The van der Waals surface area contributed by atoms with Gasteiger partial charge in [0.2, 0.25) is 5.91 Å². The quantitative estimate of drug-likeness (QED) is 0.889. The Hall–Kier alpha value is -2.17. The van der Waals surface area contributed by atoms with Crippen LogP contribution in [0, 0.1) is 0 Å². The molecule has 2 aromatic heterocycles. The fourth-order valence-electron chi connectivity index (χ4n) is 2.46. The van der Waals surface area contributed by atoms with Crippen molar-refractivity contribution in [2.45, 2.75) is 31.8 Å². The van der Waals surface area contributed by atoms with E-state index in [0.29, 0.717) is 6.42 Å². The van der Waals surface area contributed by atoms with Gasteiger partial charge in [0.25, 0.3) is 0 Å². The molecule has 0 saturated carbocycles. The molecular weight excluding hydrogens is 240 g/mol. The van der Waals surface area contributed by atoms with Crippen molar-refractivity contribution in [2.24, 2.45) is 0 Å². The van der Waals surface area contributed by atoms with E-state index in [4.69, 9.17) is 0 Å². The number of nitrogens with one attached hydrogen (secondary N) is 1. The van der Waals surface area contributed by atoms with Crippen molar-refractivity contribution >= 4 is 5.91 Å². The van der Waals surface area contributed by atoms with E-state index in [9.17, 15) is 4.79 Å². The van der Waals surface area contributed by atoms with Crippen molar-refractivity contribution in [3.8, 4) is 0 Å². The van der Waals surface area contributed by atoms with E-state index in [1.54, 1.807) is 12.4 Å². The molecule has 5 nitrogen and oxygen atoms in total. The number of aryl methyl sites for hydroxylation is 1. The second kappa shape index (κ2) is 5.22. The molecule has 0 aliphatic carbocycles. The number of hydrogen-bond donors (Lipinski definition) is 1. The molecule has 3 heterocycles. The largest absolute Gasteiger partial charge is 0.353 e. The van der Waals surface area contributed by atoms with E-state index in [2.05, 4.69) is 15.4 Å². The Morgan fingerprint density at radius 1 is 1.42 bits per heavy atom. The maximum Gasteiger partial charge on any atom is 0.224 e. The van der Waals surface area contributed by atoms with Crippen molar-refractivity contribution in [3.63, 3.8) is 0 Å². The monoisotopic (exact) mass is 256 g/mol. The van der Waals surface area contributed by atoms with E-state index in [0.717, 1.165) is 24.9 Å². The van der Waals surface area contributed by atoms with Gasteiger partial charge in [-0.25, -0.2) is 0 Å². The lowest BCUT2D eigenvalue weighted by atomic mass is 10.0. The van der Waals surface area contributed by atoms with E-state index < -0.39 is 0 Å². The van der Waals surface area contributed by atoms with Gasteiger partial charge in [0.05, 0.1) is 6.42 Å². The van der Waals surface area contributed by atoms with Gasteiger partial charge < -0.3 is 5.32 Å². The SMILES string of the molecule is O=C(Cc1cccnc1)N[C@@H]1CCn2nccc2C1. The zero-order valence-electron chi connectivity index (χ0n) is 10.6. The molecule has 0 bridgehead atoms. The van der Waals surface area contributed by atoms with Gasteiger partial charge in [0, 0.05) is 43.3 Å². The van der Waals surface area contributed by atoms with Gasteiger partial charge in [-0.05, 0) is 24.1 Å². The highest BCUT2D eigenvalue weighted by Crippen LogP contribution is 2.13. The van der Waals surface area contributed by atoms with Crippen LogP contribution in [0.15, 0.2) is 36.8 Å². The third kappa shape index (κ3) is 2.81. The number of aromatic nitrogens is 3. The zero-order valence-corrected chi connectivity index (χ0v) is 10.6. The molecular formula is C14H16N4O. The average Bonchev–Trinajstić information content (AvgIpc) is 2.87. The third-order valence-corrected chi connectivity index (χ3v) is 3.40. The lowest BCUT2D eigenvalue weighted by Gasteiger charge is -2.24. The van der Waals surface area contributed by atoms with Crippen molar-refractivity contribution in [1.82, 2.24) is 20.1 Å². The molecule has 1 N–H and O–H groups in total. The van der Waals surface area contributed by atoms with Crippen LogP contribution in [0.1, 0.15) is 17.7 Å². The Bertz CT molecular complexity index is 564. The summed E-state index contributed by atoms with van der Waals surface area (Å²) >= 11 is 0. The first-order valence-electron chi connectivity index (χ1n) is 6.50. The number of fused-ring (bicyclic) bond motifs is 1. The standard InChI is InChI=1S/C14H16N4O/c19-14(8-11-2-1-5-15-10-11)17-12-4-7-18-13(9-12)3-6-16-18/h1-3,5-6,10,12H,4,7-9H2,(H,17,19)/t12-/m1/s1. The summed E-state index contributed by atoms with van der Waals surface area (Å²) < 4.78 is 2.00. The molecule has 1 aliphatic heterocycles. The first kappa shape index (κ1) is 11.9. The Labute approximate surface area is 111 Å². The van der Waals surface area contributed by atoms with Crippen molar-refractivity contribution < 1.29 is 4.79 Å². The first-order valence-corrected chi connectivity index (χ1v) is 6.50. The lowest BCUT2D eigenvalue weighted by Crippen LogP contribution is -2.40. The number of pyridine rings is 1. The number of rotatable bonds is 3. The second-order valence-electron chi connectivity index (χ2n) is 4.84. The molecule has 0 aromatic carbocycles. The van der Waals surface area contributed by atoms with Crippen molar-refractivity contribution in [2.75, 3.05) is 0 Å². The van der Waals surface area contributed by atoms with Crippen molar-refractivity contribution in [3.05, 3.63) is 48.0 Å². The van der Waals surface area contributed by atoms with Crippen molar-refractivity contribution in [1.29, 1.82) is 0 Å². The van der Waals surface area contributed by atoms with E-state index in [-0.39, 0.29) is 11.9 Å². The van der Waals surface area contributed by atoms with E-state index in [1.807, 2.05) is 29.1 Å². The molecule has 0 fully saturated rings. The summed E-state index contributed by atoms with van der Waals surface area (Å²) in [7, 11) is 0. The van der Waals surface area contributed by atoms with Crippen LogP contribution < -0.4 is 5.32 Å². The summed E-state index contributed by atoms with van der Waals surface area (Å²) in [6.07, 6.45) is 7.45. The molecule has 0 unspecified atom stereocenters. The predicted octanol–water partition coefficient (Wildman–Crippen LogP) is 0.952. The summed E-state index contributed by atoms with van der Waals surface area (Å²) in [5.74, 6) is 0.0611. The summed E-state index contributed by atoms with van der Waals surface area (Å²) in [5.41, 5.74) is 2.14. The number of carbonyl (C=O) groups is 1.